The number of unbranched alkanes of at least 4 members (excludes halogenated alkanes) is 2. The third-order valence-electron chi connectivity index (χ3n) is 6.65. The van der Waals surface area contributed by atoms with Crippen molar-refractivity contribution < 1.29 is 57.1 Å². The number of carbonyl (C=O) groups is 5. The summed E-state index contributed by atoms with van der Waals surface area (Å²) in [6.07, 6.45) is 0.593. The summed E-state index contributed by atoms with van der Waals surface area (Å²) in [7, 11) is 0. The zero-order valence-corrected chi connectivity index (χ0v) is 23.6. The maximum atomic E-state index is 12.7. The number of fused-ring (bicyclic) bond motifs is 1. The van der Waals surface area contributed by atoms with Crippen LogP contribution in [0.5, 0.6) is 11.5 Å². The van der Waals surface area contributed by atoms with Crippen molar-refractivity contribution in [3.8, 4) is 11.5 Å². The fourth-order valence-electron chi connectivity index (χ4n) is 4.50. The number of ketones is 1. The summed E-state index contributed by atoms with van der Waals surface area (Å²) in [6.45, 7) is 5.15. The molecule has 43 heavy (non-hydrogen) atoms. The number of hydrogen-bond donors (Lipinski definition) is 0. The van der Waals surface area contributed by atoms with Gasteiger partial charge in [-0.05, 0) is 73.9 Å². The van der Waals surface area contributed by atoms with Gasteiger partial charge >= 0.3 is 24.1 Å². The minimum atomic E-state index is -0.877. The third kappa shape index (κ3) is 8.97. The molecule has 2 heterocycles. The molecule has 2 aliphatic heterocycles. The minimum absolute atomic E-state index is 0.0180. The van der Waals surface area contributed by atoms with Crippen molar-refractivity contribution in [2.45, 2.75) is 57.0 Å². The van der Waals surface area contributed by atoms with Gasteiger partial charge in [-0.25, -0.2) is 14.4 Å². The van der Waals surface area contributed by atoms with E-state index in [0.29, 0.717) is 19.3 Å². The first-order valence-corrected chi connectivity index (χ1v) is 13.8. The molecular weight excluding hydrogens is 564 g/mol. The third-order valence-corrected chi connectivity index (χ3v) is 6.65. The first-order valence-electron chi connectivity index (χ1n) is 13.8. The lowest BCUT2D eigenvalue weighted by atomic mass is 10.1. The van der Waals surface area contributed by atoms with Crippen LogP contribution < -0.4 is 9.47 Å². The summed E-state index contributed by atoms with van der Waals surface area (Å²) in [5.74, 6) is -1.34. The molecule has 0 amide bonds. The van der Waals surface area contributed by atoms with E-state index in [2.05, 4.69) is 6.58 Å². The van der Waals surface area contributed by atoms with Crippen LogP contribution >= 0.6 is 0 Å². The van der Waals surface area contributed by atoms with Gasteiger partial charge in [0.05, 0.1) is 30.9 Å². The van der Waals surface area contributed by atoms with Crippen LogP contribution in [0.3, 0.4) is 0 Å². The maximum absolute atomic E-state index is 12.7. The summed E-state index contributed by atoms with van der Waals surface area (Å²) in [6, 6.07) is 11.5. The molecule has 0 aromatic heterocycles. The molecule has 0 radical (unpaired) electrons. The lowest BCUT2D eigenvalue weighted by Gasteiger charge is -2.17. The van der Waals surface area contributed by atoms with Gasteiger partial charge in [0.25, 0.3) is 0 Å². The Balaban J connectivity index is 1.19. The van der Waals surface area contributed by atoms with Crippen molar-refractivity contribution in [1.82, 2.24) is 0 Å². The molecule has 2 unspecified atom stereocenters. The first-order chi connectivity index (χ1) is 20.7. The minimum Gasteiger partial charge on any atom is -0.457 e. The second kappa shape index (κ2) is 15.1. The second-order valence-corrected chi connectivity index (χ2v) is 9.81. The molecule has 2 saturated heterocycles. The van der Waals surface area contributed by atoms with Crippen LogP contribution in [0.15, 0.2) is 61.2 Å². The van der Waals surface area contributed by atoms with Crippen LogP contribution in [0.4, 0.5) is 4.79 Å². The molecule has 4 rings (SSSR count). The van der Waals surface area contributed by atoms with Crippen molar-refractivity contribution in [2.75, 3.05) is 19.8 Å². The van der Waals surface area contributed by atoms with Crippen LogP contribution in [0, 0.1) is 0 Å². The molecule has 0 saturated carbocycles. The summed E-state index contributed by atoms with van der Waals surface area (Å²) in [5, 5.41) is 0. The summed E-state index contributed by atoms with van der Waals surface area (Å²) >= 11 is 0. The number of carbonyl (C=O) groups excluding carboxylic acids is 5. The Morgan fingerprint density at radius 3 is 1.91 bits per heavy atom. The van der Waals surface area contributed by atoms with E-state index in [1.165, 1.54) is 61.5 Å². The van der Waals surface area contributed by atoms with Gasteiger partial charge in [0.2, 0.25) is 0 Å². The van der Waals surface area contributed by atoms with E-state index in [1.807, 2.05) is 0 Å². The molecule has 12 heteroatoms. The highest BCUT2D eigenvalue weighted by Gasteiger charge is 2.51. The summed E-state index contributed by atoms with van der Waals surface area (Å²) in [5.41, 5.74) is 0.437. The first kappa shape index (κ1) is 31.4. The zero-order valence-electron chi connectivity index (χ0n) is 23.6. The van der Waals surface area contributed by atoms with E-state index in [-0.39, 0.29) is 48.2 Å². The van der Waals surface area contributed by atoms with E-state index in [1.54, 1.807) is 0 Å². The number of esters is 3. The topological polar surface area (TPSA) is 150 Å². The average molecular weight is 597 g/mol. The van der Waals surface area contributed by atoms with Gasteiger partial charge < -0.3 is 33.2 Å². The molecule has 2 aromatic carbocycles. The van der Waals surface area contributed by atoms with Gasteiger partial charge in [0.1, 0.15) is 23.7 Å². The molecule has 12 nitrogen and oxygen atoms in total. The van der Waals surface area contributed by atoms with Gasteiger partial charge in [-0.1, -0.05) is 6.58 Å². The maximum Gasteiger partial charge on any atom is 0.513 e. The van der Waals surface area contributed by atoms with Crippen LogP contribution in [0.1, 0.15) is 53.3 Å². The molecule has 0 aliphatic carbocycles. The van der Waals surface area contributed by atoms with Gasteiger partial charge in [-0.15, -0.1) is 0 Å². The Labute approximate surface area is 247 Å². The predicted molar refractivity (Wildman–Crippen MR) is 148 cm³/mol. The van der Waals surface area contributed by atoms with Crippen molar-refractivity contribution in [3.63, 3.8) is 0 Å². The number of hydrogen-bond acceptors (Lipinski definition) is 12. The number of allylic oxidation sites excluding steroid dienone is 1. The van der Waals surface area contributed by atoms with Gasteiger partial charge in [0, 0.05) is 13.3 Å². The summed E-state index contributed by atoms with van der Waals surface area (Å²) in [4.78, 5) is 59.5. The quantitative estimate of drug-likeness (QED) is 0.0821. The van der Waals surface area contributed by atoms with Gasteiger partial charge in [0.15, 0.2) is 18.0 Å². The Bertz CT molecular complexity index is 1320. The Kier molecular flexibility index (Phi) is 11.0. The SMILES string of the molecule is C=CC(=O)CCCCCOC(=O)Oc1ccc(C(=O)Oc2ccc(C(=O)O[C@H]3COC4C3OC[C@@H]4OC(C)=O)cc2)cc1. The number of ether oxygens (including phenoxy) is 7. The fourth-order valence-corrected chi connectivity index (χ4v) is 4.50. The van der Waals surface area contributed by atoms with Crippen LogP contribution in [0.2, 0.25) is 0 Å². The van der Waals surface area contributed by atoms with Crippen molar-refractivity contribution in [2.24, 2.45) is 0 Å². The largest absolute Gasteiger partial charge is 0.513 e. The van der Waals surface area contributed by atoms with Crippen molar-refractivity contribution in [3.05, 3.63) is 72.3 Å². The lowest BCUT2D eigenvalue weighted by Crippen LogP contribution is -2.35. The standard InChI is InChI=1S/C31H32O12/c1-3-22(33)7-5-4-6-16-37-31(36)42-24-14-10-20(11-15-24)29(34)41-23-12-8-21(9-13-23)30(35)43-26-18-39-27-25(40-19(2)32)17-38-28(26)27/h3,8-15,25-28H,1,4-7,16-18H2,2H3/t25-,26-,27?,28?/m0/s1. The van der Waals surface area contributed by atoms with E-state index in [4.69, 9.17) is 33.2 Å². The Morgan fingerprint density at radius 1 is 0.767 bits per heavy atom. The Morgan fingerprint density at radius 2 is 1.33 bits per heavy atom. The summed E-state index contributed by atoms with van der Waals surface area (Å²) < 4.78 is 37.5. The predicted octanol–water partition coefficient (Wildman–Crippen LogP) is 3.99. The average Bonchev–Trinajstić information content (AvgIpc) is 3.58. The second-order valence-electron chi connectivity index (χ2n) is 9.81. The lowest BCUT2D eigenvalue weighted by molar-refractivity contribution is -0.151. The van der Waals surface area contributed by atoms with Crippen molar-refractivity contribution in [1.29, 1.82) is 0 Å². The highest BCUT2D eigenvalue weighted by molar-refractivity contribution is 5.92. The zero-order chi connectivity index (χ0) is 30.8. The highest BCUT2D eigenvalue weighted by Crippen LogP contribution is 2.31. The number of benzene rings is 2. The van der Waals surface area contributed by atoms with E-state index >= 15 is 0 Å². The van der Waals surface area contributed by atoms with E-state index < -0.39 is 48.5 Å². The molecule has 0 spiro atoms. The Hall–Kier alpha value is -4.55. The molecule has 0 N–H and O–H groups in total. The van der Waals surface area contributed by atoms with Gasteiger partial charge in [-0.3, -0.25) is 9.59 Å². The highest BCUT2D eigenvalue weighted by atomic mass is 16.7. The smallest absolute Gasteiger partial charge is 0.457 e. The molecule has 2 fully saturated rings. The van der Waals surface area contributed by atoms with Crippen molar-refractivity contribution >= 4 is 29.8 Å². The van der Waals surface area contributed by atoms with Crippen LogP contribution in [-0.2, 0) is 33.3 Å². The van der Waals surface area contributed by atoms with Crippen LogP contribution in [-0.4, -0.2) is 74.1 Å². The normalized spacial score (nSPS) is 20.4. The molecule has 228 valence electrons. The monoisotopic (exact) mass is 596 g/mol. The molecular formula is C31H32O12. The van der Waals surface area contributed by atoms with E-state index in [9.17, 15) is 24.0 Å². The molecule has 2 aromatic rings. The molecule has 0 bridgehead atoms. The molecule has 2 aliphatic rings. The fraction of sp³-hybridized carbons (Fsp3) is 0.387. The van der Waals surface area contributed by atoms with Gasteiger partial charge in [-0.2, -0.15) is 0 Å². The van der Waals surface area contributed by atoms with E-state index in [0.717, 1.165) is 6.42 Å². The van der Waals surface area contributed by atoms with Crippen LogP contribution in [0.25, 0.3) is 0 Å². The molecule has 4 atom stereocenters. The number of rotatable bonds is 13.